The van der Waals surface area contributed by atoms with Gasteiger partial charge in [0.1, 0.15) is 0 Å². The van der Waals surface area contributed by atoms with Crippen LogP contribution in [0.5, 0.6) is 0 Å². The molecule has 1 aliphatic carbocycles. The van der Waals surface area contributed by atoms with Crippen molar-refractivity contribution >= 4 is 23.6 Å². The van der Waals surface area contributed by atoms with Crippen LogP contribution in [0.15, 0.2) is 5.16 Å². The number of likely N-dealkylation sites (tertiary alicyclic amines) is 1. The second-order valence-corrected chi connectivity index (χ2v) is 9.17. The molecule has 10 heteroatoms. The van der Waals surface area contributed by atoms with Gasteiger partial charge in [0.2, 0.25) is 17.0 Å². The van der Waals surface area contributed by atoms with Crippen LogP contribution in [0.1, 0.15) is 51.0 Å². The Morgan fingerprint density at radius 1 is 0.862 bits per heavy atom. The summed E-state index contributed by atoms with van der Waals surface area (Å²) in [4.78, 5) is 31.1. The van der Waals surface area contributed by atoms with Gasteiger partial charge in [-0.3, -0.25) is 14.5 Å². The van der Waals surface area contributed by atoms with Crippen LogP contribution in [0.25, 0.3) is 0 Å². The zero-order valence-electron chi connectivity index (χ0n) is 17.0. The first-order chi connectivity index (χ1) is 14.2. The van der Waals surface area contributed by atoms with Crippen molar-refractivity contribution in [1.29, 1.82) is 0 Å². The topological polar surface area (TPSA) is 87.5 Å². The predicted octanol–water partition coefficient (Wildman–Crippen LogP) is 1.04. The van der Waals surface area contributed by atoms with Crippen molar-refractivity contribution in [2.75, 3.05) is 51.6 Å². The van der Waals surface area contributed by atoms with E-state index in [1.54, 1.807) is 0 Å². The average molecular weight is 422 g/mol. The number of tetrazole rings is 1. The van der Waals surface area contributed by atoms with Crippen molar-refractivity contribution < 1.29 is 9.59 Å². The van der Waals surface area contributed by atoms with Crippen molar-refractivity contribution in [1.82, 2.24) is 34.9 Å². The van der Waals surface area contributed by atoms with Crippen molar-refractivity contribution in [2.24, 2.45) is 0 Å². The summed E-state index contributed by atoms with van der Waals surface area (Å²) >= 11 is 1.43. The van der Waals surface area contributed by atoms with E-state index < -0.39 is 0 Å². The fourth-order valence-corrected chi connectivity index (χ4v) is 5.31. The first kappa shape index (κ1) is 20.6. The van der Waals surface area contributed by atoms with Crippen LogP contribution >= 0.6 is 11.8 Å². The lowest BCUT2D eigenvalue weighted by molar-refractivity contribution is -0.134. The standard InChI is InChI=1S/C19H31N7O2S/c27-17(24-8-4-1-5-9-24)14-23-10-12-25(13-11-23)18(28)15-29-19-20-21-22-26(19)16-6-2-3-7-16/h16H,1-15H2. The van der Waals surface area contributed by atoms with Gasteiger partial charge in [0, 0.05) is 39.3 Å². The fraction of sp³-hybridized carbons (Fsp3) is 0.842. The molecule has 3 heterocycles. The molecule has 3 aliphatic rings. The van der Waals surface area contributed by atoms with Gasteiger partial charge in [-0.15, -0.1) is 5.10 Å². The normalized spacial score (nSPS) is 21.7. The third kappa shape index (κ3) is 5.28. The molecule has 0 atom stereocenters. The summed E-state index contributed by atoms with van der Waals surface area (Å²) < 4.78 is 1.90. The zero-order chi connectivity index (χ0) is 20.1. The van der Waals surface area contributed by atoms with E-state index in [-0.39, 0.29) is 11.8 Å². The maximum Gasteiger partial charge on any atom is 0.236 e. The molecule has 0 radical (unpaired) electrons. The molecule has 2 aliphatic heterocycles. The number of piperazine rings is 1. The van der Waals surface area contributed by atoms with E-state index in [1.165, 1.54) is 31.0 Å². The van der Waals surface area contributed by atoms with Crippen LogP contribution in [0.2, 0.25) is 0 Å². The van der Waals surface area contributed by atoms with Gasteiger partial charge in [-0.05, 0) is 42.5 Å². The Labute approximate surface area is 176 Å². The summed E-state index contributed by atoms with van der Waals surface area (Å²) in [7, 11) is 0. The molecule has 29 heavy (non-hydrogen) atoms. The maximum atomic E-state index is 12.6. The monoisotopic (exact) mass is 421 g/mol. The number of piperidine rings is 1. The Hall–Kier alpha value is -1.68. The molecule has 3 fully saturated rings. The largest absolute Gasteiger partial charge is 0.342 e. The first-order valence-corrected chi connectivity index (χ1v) is 11.9. The molecule has 1 saturated carbocycles. The number of carbonyl (C=O) groups excluding carboxylic acids is 2. The van der Waals surface area contributed by atoms with Crippen LogP contribution in [0.3, 0.4) is 0 Å². The van der Waals surface area contributed by atoms with Crippen molar-refractivity contribution in [3.8, 4) is 0 Å². The summed E-state index contributed by atoms with van der Waals surface area (Å²) in [6.07, 6.45) is 8.15. The number of hydrogen-bond acceptors (Lipinski definition) is 7. The van der Waals surface area contributed by atoms with Crippen molar-refractivity contribution in [3.63, 3.8) is 0 Å². The second kappa shape index (κ2) is 9.88. The zero-order valence-corrected chi connectivity index (χ0v) is 17.9. The first-order valence-electron chi connectivity index (χ1n) is 10.9. The maximum absolute atomic E-state index is 12.6. The molecular weight excluding hydrogens is 390 g/mol. The minimum atomic E-state index is 0.123. The third-order valence-electron chi connectivity index (χ3n) is 6.25. The van der Waals surface area contributed by atoms with Crippen LogP contribution in [0, 0.1) is 0 Å². The van der Waals surface area contributed by atoms with E-state index in [0.29, 0.717) is 31.4 Å². The molecule has 1 aromatic rings. The lowest BCUT2D eigenvalue weighted by atomic mass is 10.1. The lowest BCUT2D eigenvalue weighted by Crippen LogP contribution is -2.52. The second-order valence-electron chi connectivity index (χ2n) is 8.23. The van der Waals surface area contributed by atoms with Crippen LogP contribution in [0.4, 0.5) is 0 Å². The molecular formula is C19H31N7O2S. The molecule has 1 aromatic heterocycles. The van der Waals surface area contributed by atoms with Gasteiger partial charge in [0.25, 0.3) is 0 Å². The Balaban J connectivity index is 1.19. The SMILES string of the molecule is O=C(CSc1nnnn1C1CCCC1)N1CCN(CC(=O)N2CCCCC2)CC1. The van der Waals surface area contributed by atoms with Gasteiger partial charge in [-0.2, -0.15) is 0 Å². The third-order valence-corrected chi connectivity index (χ3v) is 7.17. The van der Waals surface area contributed by atoms with Gasteiger partial charge in [0.15, 0.2) is 0 Å². The summed E-state index contributed by atoms with van der Waals surface area (Å²) in [5.74, 6) is 0.719. The number of hydrogen-bond donors (Lipinski definition) is 0. The fourth-order valence-electron chi connectivity index (χ4n) is 4.47. The molecule has 0 bridgehead atoms. The van der Waals surface area contributed by atoms with Crippen molar-refractivity contribution in [2.45, 2.75) is 56.1 Å². The van der Waals surface area contributed by atoms with E-state index in [1.807, 2.05) is 14.5 Å². The number of thioether (sulfide) groups is 1. The Bertz CT molecular complexity index is 692. The summed E-state index contributed by atoms with van der Waals surface area (Å²) in [5, 5.41) is 12.8. The Morgan fingerprint density at radius 3 is 2.28 bits per heavy atom. The average Bonchev–Trinajstić information content (AvgIpc) is 3.44. The molecule has 0 spiro atoms. The Morgan fingerprint density at radius 2 is 1.55 bits per heavy atom. The summed E-state index contributed by atoms with van der Waals surface area (Å²) in [6.45, 7) is 5.16. The van der Waals surface area contributed by atoms with E-state index in [4.69, 9.17) is 0 Å². The smallest absolute Gasteiger partial charge is 0.236 e. The summed E-state index contributed by atoms with van der Waals surface area (Å²) in [5.41, 5.74) is 0. The molecule has 2 amide bonds. The predicted molar refractivity (Wildman–Crippen MR) is 109 cm³/mol. The minimum Gasteiger partial charge on any atom is -0.342 e. The number of nitrogens with zero attached hydrogens (tertiary/aromatic N) is 7. The highest BCUT2D eigenvalue weighted by Gasteiger charge is 2.26. The highest BCUT2D eigenvalue weighted by atomic mass is 32.2. The van der Waals surface area contributed by atoms with Crippen LogP contribution < -0.4 is 0 Å². The van der Waals surface area contributed by atoms with Gasteiger partial charge in [0.05, 0.1) is 18.3 Å². The van der Waals surface area contributed by atoms with E-state index >= 15 is 0 Å². The van der Waals surface area contributed by atoms with E-state index in [0.717, 1.165) is 57.0 Å². The Kier molecular flexibility index (Phi) is 7.02. The molecule has 0 aromatic carbocycles. The van der Waals surface area contributed by atoms with E-state index in [2.05, 4.69) is 20.4 Å². The molecule has 9 nitrogen and oxygen atoms in total. The molecule has 160 valence electrons. The molecule has 2 saturated heterocycles. The van der Waals surface area contributed by atoms with E-state index in [9.17, 15) is 9.59 Å². The lowest BCUT2D eigenvalue weighted by Gasteiger charge is -2.36. The van der Waals surface area contributed by atoms with Gasteiger partial charge < -0.3 is 9.80 Å². The van der Waals surface area contributed by atoms with Gasteiger partial charge in [-0.25, -0.2) is 4.68 Å². The molecule has 0 N–H and O–H groups in total. The van der Waals surface area contributed by atoms with Crippen LogP contribution in [-0.4, -0.2) is 98.3 Å². The number of rotatable bonds is 6. The number of aromatic nitrogens is 4. The number of amides is 2. The molecule has 4 rings (SSSR count). The van der Waals surface area contributed by atoms with Crippen LogP contribution in [-0.2, 0) is 9.59 Å². The number of carbonyl (C=O) groups is 2. The highest BCUT2D eigenvalue weighted by molar-refractivity contribution is 7.99. The highest BCUT2D eigenvalue weighted by Crippen LogP contribution is 2.31. The minimum absolute atomic E-state index is 0.123. The van der Waals surface area contributed by atoms with Gasteiger partial charge >= 0.3 is 0 Å². The van der Waals surface area contributed by atoms with Gasteiger partial charge in [-0.1, -0.05) is 24.6 Å². The molecule has 0 unspecified atom stereocenters. The summed E-state index contributed by atoms with van der Waals surface area (Å²) in [6, 6.07) is 0.378. The quantitative estimate of drug-likeness (QED) is 0.634. The van der Waals surface area contributed by atoms with Crippen molar-refractivity contribution in [3.05, 3.63) is 0 Å².